The van der Waals surface area contributed by atoms with Crippen molar-refractivity contribution in [3.05, 3.63) is 0 Å². The molecule has 1 unspecified atom stereocenters. The van der Waals surface area contributed by atoms with Crippen LogP contribution in [0.5, 0.6) is 0 Å². The molecule has 36 nitrogen and oxygen atoms in total. The van der Waals surface area contributed by atoms with E-state index in [1.165, 1.54) is 6.92 Å². The Kier molecular flexibility index (Phi) is 23.4. The highest BCUT2D eigenvalue weighted by molar-refractivity contribution is 5.77. The minimum atomic E-state index is -3.26. The molecule has 6 rings (SSSR count). The maximum atomic E-state index is 13.2. The van der Waals surface area contributed by atoms with Crippen LogP contribution >= 0.6 is 0 Å². The lowest BCUT2D eigenvalue weighted by molar-refractivity contribution is -0.391. The number of carbonyl (C=O) groups excluding carboxylic acids is 3. The zero-order valence-corrected chi connectivity index (χ0v) is 43.7. The molecule has 0 radical (unpaired) electrons. The van der Waals surface area contributed by atoms with E-state index in [2.05, 4.69) is 16.0 Å². The number of aliphatic carboxylic acids is 1. The van der Waals surface area contributed by atoms with Gasteiger partial charge in [0.25, 0.3) is 5.79 Å². The Morgan fingerprint density at radius 1 is 0.531 bits per heavy atom. The first-order valence-electron chi connectivity index (χ1n) is 25.6. The molecule has 6 heterocycles. The number of carbonyl (C=O) groups is 4. The fraction of sp³-hybridized carbons (Fsp3) is 0.911. The Hall–Kier alpha value is -3.24. The number of nitrogens with one attached hydrogen (secondary N) is 3. The SMILES string of the molecule is CC(=O)N[C@H]1[C@H](OC[C@H]2OC(O)[C@H](NC(C)=O)[C@@H](O[C@@H]3O[C@H](CO)[C@H](O)[C@H](O)[C@H]3O)[C@H]2O)O[C@H](CO)[C@@H](O[C@@H]2O[C@@H](C)[C@@H](O)[C@@H](O)[C@@H]2O)[C@@H]1O[C@@H]1O[C@H](CO)[C@H](O)[C@H](O[C@]2(C(=O)O)C[C@H](O)[C@@H](NC(C)=O)[C@H]([C@H](O)[C@H](O)CO)O2)[C@H]1O. The largest absolute Gasteiger partial charge is 0.477 e. The van der Waals surface area contributed by atoms with E-state index in [0.29, 0.717) is 0 Å². The van der Waals surface area contributed by atoms with Crippen LogP contribution in [-0.2, 0) is 71.3 Å². The normalized spacial score (nSPS) is 46.7. The van der Waals surface area contributed by atoms with Crippen LogP contribution < -0.4 is 16.0 Å². The summed E-state index contributed by atoms with van der Waals surface area (Å²) >= 11 is 0. The molecule has 3 amide bonds. The average molecular weight is 1190 g/mol. The van der Waals surface area contributed by atoms with Crippen LogP contribution in [0.4, 0.5) is 0 Å². The minimum absolute atomic E-state index is 0.808. The molecule has 6 aliphatic heterocycles. The lowest BCUT2D eigenvalue weighted by atomic mass is 9.88. The summed E-state index contributed by atoms with van der Waals surface area (Å²) < 4.78 is 64.2. The summed E-state index contributed by atoms with van der Waals surface area (Å²) in [6.07, 6.45) is -55.1. The lowest BCUT2D eigenvalue weighted by Crippen LogP contribution is -2.72. The van der Waals surface area contributed by atoms with Crippen molar-refractivity contribution in [2.24, 2.45) is 0 Å². The molecule has 6 aliphatic rings. The molecule has 6 saturated heterocycles. The van der Waals surface area contributed by atoms with Gasteiger partial charge < -0.3 is 160 Å². The number of carboxylic acids is 1. The highest BCUT2D eigenvalue weighted by Crippen LogP contribution is 2.40. The van der Waals surface area contributed by atoms with Crippen molar-refractivity contribution in [1.29, 1.82) is 0 Å². The Bertz CT molecular complexity index is 2070. The van der Waals surface area contributed by atoms with Gasteiger partial charge in [0.1, 0.15) is 134 Å². The molecule has 36 heteroatoms. The van der Waals surface area contributed by atoms with Crippen LogP contribution in [0.25, 0.3) is 0 Å². The first-order chi connectivity index (χ1) is 38.0. The van der Waals surface area contributed by atoms with E-state index in [4.69, 9.17) is 52.1 Å². The molecule has 6 fully saturated rings. The Balaban J connectivity index is 1.36. The van der Waals surface area contributed by atoms with Gasteiger partial charge in [0.2, 0.25) is 17.7 Å². The Morgan fingerprint density at radius 3 is 1.57 bits per heavy atom. The summed E-state index contributed by atoms with van der Waals surface area (Å²) in [5.41, 5.74) is 0. The first kappa shape index (κ1) is 66.9. The summed E-state index contributed by atoms with van der Waals surface area (Å²) in [4.78, 5) is 50.8. The van der Waals surface area contributed by atoms with E-state index in [9.17, 15) is 111 Å². The lowest BCUT2D eigenvalue weighted by Gasteiger charge is -2.52. The predicted octanol–water partition coefficient (Wildman–Crippen LogP) is -13.4. The van der Waals surface area contributed by atoms with E-state index in [0.717, 1.165) is 20.8 Å². The summed E-state index contributed by atoms with van der Waals surface area (Å²) in [5.74, 6) is -7.96. The van der Waals surface area contributed by atoms with E-state index in [-0.39, 0.29) is 0 Å². The summed E-state index contributed by atoms with van der Waals surface area (Å²) in [7, 11) is 0. The predicted molar refractivity (Wildman–Crippen MR) is 250 cm³/mol. The first-order valence-corrected chi connectivity index (χ1v) is 25.6. The van der Waals surface area contributed by atoms with E-state index in [1.54, 1.807) is 0 Å². The van der Waals surface area contributed by atoms with Gasteiger partial charge in [-0.05, 0) is 6.92 Å². The molecular weight excluding hydrogens is 1110 g/mol. The molecule has 468 valence electrons. The van der Waals surface area contributed by atoms with Gasteiger partial charge in [-0.25, -0.2) is 4.79 Å². The van der Waals surface area contributed by atoms with Gasteiger partial charge in [-0.2, -0.15) is 0 Å². The highest BCUT2D eigenvalue weighted by atomic mass is 16.8. The standard InChI is InChI=1S/C45H75N3O33/c1-11-24(58)29(63)31(65)41(72-11)77-34-19(9-52)76-40(71-10-20-28(62)35(22(39(68)73-20)47-13(3)54)78-42-32(66)30(64)26(60)17(7-50)74-42)23(48-14(4)55)37(34)79-43-33(67)38(27(61)18(8-51)75-43)81-45(44(69)70)5-15(56)21(46-12(2)53)36(80-45)25(59)16(57)6-49/h11,15-43,49-52,56-68H,5-10H2,1-4H3,(H,46,53)(H,47,54)(H,48,55)(H,69,70)/t11-,15-,16+,17+,18+,19+,20+,21+,22+,23+,24+,25+,26-,27-,28-,29+,30-,31-,32+,33+,34+,35+,36+,37+,38-,39?,40+,41-,42-,43-,45-/m0/s1. The molecule has 31 atom stereocenters. The number of carboxylic acid groups (broad SMARTS) is 1. The molecule has 0 aromatic rings. The zero-order chi connectivity index (χ0) is 60.3. The summed E-state index contributed by atoms with van der Waals surface area (Å²) in [6.45, 7) is -1.08. The molecule has 81 heavy (non-hydrogen) atoms. The van der Waals surface area contributed by atoms with Gasteiger partial charge in [-0.3, -0.25) is 14.4 Å². The second-order valence-electron chi connectivity index (χ2n) is 20.4. The number of rotatable bonds is 21. The van der Waals surface area contributed by atoms with Crippen molar-refractivity contribution >= 4 is 23.7 Å². The van der Waals surface area contributed by atoms with Gasteiger partial charge in [0.05, 0.1) is 51.3 Å². The molecule has 0 aliphatic carbocycles. The number of hydrogen-bond acceptors (Lipinski definition) is 32. The molecule has 0 bridgehead atoms. The maximum Gasteiger partial charge on any atom is 0.364 e. The van der Waals surface area contributed by atoms with Crippen molar-refractivity contribution in [2.75, 3.05) is 33.0 Å². The second-order valence-corrected chi connectivity index (χ2v) is 20.4. The van der Waals surface area contributed by atoms with Gasteiger partial charge in [0, 0.05) is 27.2 Å². The fourth-order valence-corrected chi connectivity index (χ4v) is 10.3. The van der Waals surface area contributed by atoms with Crippen molar-refractivity contribution < 1.29 is 163 Å². The zero-order valence-electron chi connectivity index (χ0n) is 43.7. The molecular formula is C45H75N3O33. The van der Waals surface area contributed by atoms with E-state index >= 15 is 0 Å². The Morgan fingerprint density at radius 2 is 1.01 bits per heavy atom. The van der Waals surface area contributed by atoms with Crippen LogP contribution in [0.3, 0.4) is 0 Å². The number of amides is 3. The van der Waals surface area contributed by atoms with Crippen molar-refractivity contribution in [2.45, 2.75) is 224 Å². The van der Waals surface area contributed by atoms with Gasteiger partial charge >= 0.3 is 5.97 Å². The highest BCUT2D eigenvalue weighted by Gasteiger charge is 2.61. The van der Waals surface area contributed by atoms with E-state index in [1.807, 2.05) is 0 Å². The van der Waals surface area contributed by atoms with Crippen LogP contribution in [0.2, 0.25) is 0 Å². The molecule has 0 aromatic heterocycles. The minimum Gasteiger partial charge on any atom is -0.477 e. The van der Waals surface area contributed by atoms with Gasteiger partial charge in [0.15, 0.2) is 31.5 Å². The summed E-state index contributed by atoms with van der Waals surface area (Å²) in [5, 5.41) is 201. The smallest absolute Gasteiger partial charge is 0.364 e. The number of aliphatic hydroxyl groups is 17. The van der Waals surface area contributed by atoms with Crippen LogP contribution in [-0.4, -0.2) is 338 Å². The van der Waals surface area contributed by atoms with Gasteiger partial charge in [-0.1, -0.05) is 0 Å². The van der Waals surface area contributed by atoms with Crippen LogP contribution in [0.1, 0.15) is 34.1 Å². The number of ether oxygens (including phenoxy) is 11. The van der Waals surface area contributed by atoms with Gasteiger partial charge in [-0.15, -0.1) is 0 Å². The second kappa shape index (κ2) is 28.3. The topological polar surface area (TPSA) is 570 Å². The molecule has 21 N–H and O–H groups in total. The molecule has 0 aromatic carbocycles. The Labute approximate surface area is 459 Å². The maximum absolute atomic E-state index is 13.2. The quantitative estimate of drug-likeness (QED) is 0.0507. The molecule has 0 saturated carbocycles. The number of aliphatic hydroxyl groups excluding tert-OH is 17. The van der Waals surface area contributed by atoms with Crippen molar-refractivity contribution in [1.82, 2.24) is 16.0 Å². The third-order valence-electron chi connectivity index (χ3n) is 14.5. The molecule has 0 spiro atoms. The third-order valence-corrected chi connectivity index (χ3v) is 14.5. The average Bonchev–Trinajstić information content (AvgIpc) is 3.60. The van der Waals surface area contributed by atoms with Crippen molar-refractivity contribution in [3.8, 4) is 0 Å². The fourth-order valence-electron chi connectivity index (χ4n) is 10.3. The van der Waals surface area contributed by atoms with Crippen LogP contribution in [0, 0.1) is 0 Å². The monoisotopic (exact) mass is 1190 g/mol. The number of hydrogen-bond donors (Lipinski definition) is 21. The summed E-state index contributed by atoms with van der Waals surface area (Å²) in [6, 6.07) is -5.27. The third kappa shape index (κ3) is 14.7. The van der Waals surface area contributed by atoms with Crippen molar-refractivity contribution in [3.63, 3.8) is 0 Å². The van der Waals surface area contributed by atoms with Crippen LogP contribution in [0.15, 0.2) is 0 Å². The van der Waals surface area contributed by atoms with E-state index < -0.39 is 253 Å².